The zero-order chi connectivity index (χ0) is 9.68. The van der Waals surface area contributed by atoms with Crippen LogP contribution in [0.4, 0.5) is 0 Å². The number of carbonyl (C=O) groups excluding carboxylic acids is 1. The van der Waals surface area contributed by atoms with Crippen LogP contribution in [0.1, 0.15) is 13.3 Å². The van der Waals surface area contributed by atoms with Crippen LogP contribution >= 0.6 is 11.8 Å². The maximum atomic E-state index is 11.1. The highest BCUT2D eigenvalue weighted by Crippen LogP contribution is 2.20. The molecule has 4 heteroatoms. The Labute approximate surface area is 82.2 Å². The molecule has 0 aliphatic carbocycles. The number of aliphatic hydroxyl groups is 1. The topological polar surface area (TPSA) is 46.5 Å². The van der Waals surface area contributed by atoms with Crippen LogP contribution in [-0.2, 0) is 9.53 Å². The molecule has 1 heterocycles. The van der Waals surface area contributed by atoms with Gasteiger partial charge in [0.05, 0.1) is 6.61 Å². The molecule has 1 unspecified atom stereocenters. The first kappa shape index (κ1) is 10.6. The largest absolute Gasteiger partial charge is 0.464 e. The van der Waals surface area contributed by atoms with Crippen molar-refractivity contribution in [2.75, 3.05) is 18.1 Å². The number of esters is 1. The summed E-state index contributed by atoms with van der Waals surface area (Å²) in [7, 11) is 0. The van der Waals surface area contributed by atoms with E-state index in [9.17, 15) is 9.90 Å². The standard InChI is InChI=1S/C9H14O3S/c1-2-12-9(11)8(10)7-3-5-13-6-4-7/h3,8,10H,2,4-6H2,1H3. The average Bonchev–Trinajstić information content (AvgIpc) is 2.18. The lowest BCUT2D eigenvalue weighted by atomic mass is 10.1. The van der Waals surface area contributed by atoms with Crippen LogP contribution in [0.15, 0.2) is 11.6 Å². The Morgan fingerprint density at radius 2 is 2.62 bits per heavy atom. The Bertz CT molecular complexity index is 213. The molecule has 13 heavy (non-hydrogen) atoms. The molecule has 1 rings (SSSR count). The summed E-state index contributed by atoms with van der Waals surface area (Å²) in [5, 5.41) is 9.52. The molecule has 1 aliphatic rings. The summed E-state index contributed by atoms with van der Waals surface area (Å²) in [4.78, 5) is 11.1. The monoisotopic (exact) mass is 202 g/mol. The van der Waals surface area contributed by atoms with Gasteiger partial charge in [-0.15, -0.1) is 0 Å². The van der Waals surface area contributed by atoms with Crippen molar-refractivity contribution in [3.8, 4) is 0 Å². The van der Waals surface area contributed by atoms with E-state index >= 15 is 0 Å². The third-order valence-electron chi connectivity index (χ3n) is 1.86. The quantitative estimate of drug-likeness (QED) is 0.547. The second kappa shape index (κ2) is 5.29. The van der Waals surface area contributed by atoms with Crippen molar-refractivity contribution in [1.29, 1.82) is 0 Å². The minimum Gasteiger partial charge on any atom is -0.464 e. The molecular formula is C9H14O3S. The van der Waals surface area contributed by atoms with Gasteiger partial charge < -0.3 is 9.84 Å². The number of rotatable bonds is 3. The molecule has 1 N–H and O–H groups in total. The van der Waals surface area contributed by atoms with Gasteiger partial charge in [-0.1, -0.05) is 6.08 Å². The summed E-state index contributed by atoms with van der Waals surface area (Å²) in [6, 6.07) is 0. The van der Waals surface area contributed by atoms with Gasteiger partial charge in [-0.2, -0.15) is 11.8 Å². The molecule has 0 saturated carbocycles. The summed E-state index contributed by atoms with van der Waals surface area (Å²) in [5.41, 5.74) is 0.803. The maximum Gasteiger partial charge on any atom is 0.339 e. The molecule has 0 radical (unpaired) electrons. The molecule has 0 aromatic heterocycles. The highest BCUT2D eigenvalue weighted by atomic mass is 32.2. The van der Waals surface area contributed by atoms with Crippen molar-refractivity contribution >= 4 is 17.7 Å². The third kappa shape index (κ3) is 3.04. The molecule has 74 valence electrons. The van der Waals surface area contributed by atoms with E-state index in [4.69, 9.17) is 4.74 Å². The van der Waals surface area contributed by atoms with Gasteiger partial charge in [-0.25, -0.2) is 4.79 Å². The first-order valence-corrected chi connectivity index (χ1v) is 5.52. The van der Waals surface area contributed by atoms with E-state index in [0.717, 1.165) is 23.5 Å². The lowest BCUT2D eigenvalue weighted by molar-refractivity contribution is -0.150. The van der Waals surface area contributed by atoms with Gasteiger partial charge in [-0.05, 0) is 24.7 Å². The first-order chi connectivity index (χ1) is 6.25. The van der Waals surface area contributed by atoms with E-state index in [2.05, 4.69) is 0 Å². The van der Waals surface area contributed by atoms with Crippen molar-refractivity contribution in [1.82, 2.24) is 0 Å². The van der Waals surface area contributed by atoms with E-state index in [1.165, 1.54) is 0 Å². The molecule has 0 bridgehead atoms. The molecule has 0 amide bonds. The highest BCUT2D eigenvalue weighted by molar-refractivity contribution is 7.99. The number of hydrogen-bond donors (Lipinski definition) is 1. The van der Waals surface area contributed by atoms with Gasteiger partial charge in [0.25, 0.3) is 0 Å². The summed E-state index contributed by atoms with van der Waals surface area (Å²) in [6.45, 7) is 2.05. The Kier molecular flexibility index (Phi) is 4.32. The number of ether oxygens (including phenoxy) is 1. The molecule has 0 spiro atoms. The van der Waals surface area contributed by atoms with Crippen molar-refractivity contribution in [2.45, 2.75) is 19.4 Å². The normalized spacial score (nSPS) is 19.1. The third-order valence-corrected chi connectivity index (χ3v) is 2.75. The van der Waals surface area contributed by atoms with Crippen LogP contribution in [-0.4, -0.2) is 35.3 Å². The maximum absolute atomic E-state index is 11.1. The van der Waals surface area contributed by atoms with Crippen LogP contribution in [0, 0.1) is 0 Å². The Balaban J connectivity index is 2.50. The van der Waals surface area contributed by atoms with Crippen LogP contribution in [0.5, 0.6) is 0 Å². The predicted molar refractivity (Wildman–Crippen MR) is 52.7 cm³/mol. The molecule has 0 aromatic rings. The van der Waals surface area contributed by atoms with Crippen LogP contribution < -0.4 is 0 Å². The van der Waals surface area contributed by atoms with Crippen molar-refractivity contribution in [3.05, 3.63) is 11.6 Å². The minimum atomic E-state index is -1.04. The smallest absolute Gasteiger partial charge is 0.339 e. The fourth-order valence-corrected chi connectivity index (χ4v) is 2.04. The summed E-state index contributed by atoms with van der Waals surface area (Å²) < 4.78 is 4.72. The summed E-state index contributed by atoms with van der Waals surface area (Å²) in [5.74, 6) is 1.33. The van der Waals surface area contributed by atoms with Gasteiger partial charge in [-0.3, -0.25) is 0 Å². The Morgan fingerprint density at radius 1 is 1.85 bits per heavy atom. The predicted octanol–water partition coefficient (Wildman–Crippen LogP) is 0.974. The van der Waals surface area contributed by atoms with Gasteiger partial charge in [0, 0.05) is 5.75 Å². The van der Waals surface area contributed by atoms with Gasteiger partial charge in [0.2, 0.25) is 0 Å². The molecule has 3 nitrogen and oxygen atoms in total. The van der Waals surface area contributed by atoms with Crippen molar-refractivity contribution in [2.24, 2.45) is 0 Å². The number of carbonyl (C=O) groups is 1. The average molecular weight is 202 g/mol. The number of aliphatic hydroxyl groups excluding tert-OH is 1. The molecule has 1 aliphatic heterocycles. The zero-order valence-electron chi connectivity index (χ0n) is 7.66. The molecule has 0 saturated heterocycles. The van der Waals surface area contributed by atoms with Gasteiger partial charge >= 0.3 is 5.97 Å². The first-order valence-electron chi connectivity index (χ1n) is 4.37. The van der Waals surface area contributed by atoms with E-state index in [0.29, 0.717) is 6.61 Å². The molecule has 0 fully saturated rings. The van der Waals surface area contributed by atoms with Crippen LogP contribution in [0.25, 0.3) is 0 Å². The number of thioether (sulfide) groups is 1. The van der Waals surface area contributed by atoms with Gasteiger partial charge in [0.15, 0.2) is 6.10 Å². The molecule has 1 atom stereocenters. The fraction of sp³-hybridized carbons (Fsp3) is 0.667. The molecule has 0 aromatic carbocycles. The van der Waals surface area contributed by atoms with Crippen LogP contribution in [0.3, 0.4) is 0 Å². The Morgan fingerprint density at radius 3 is 3.15 bits per heavy atom. The van der Waals surface area contributed by atoms with E-state index in [-0.39, 0.29) is 0 Å². The number of hydrogen-bond acceptors (Lipinski definition) is 4. The van der Waals surface area contributed by atoms with E-state index in [1.807, 2.05) is 6.08 Å². The SMILES string of the molecule is CCOC(=O)C(O)C1=CCSCC1. The van der Waals surface area contributed by atoms with Crippen LogP contribution in [0.2, 0.25) is 0 Å². The van der Waals surface area contributed by atoms with Gasteiger partial charge in [0.1, 0.15) is 0 Å². The lowest BCUT2D eigenvalue weighted by Crippen LogP contribution is -2.26. The highest BCUT2D eigenvalue weighted by Gasteiger charge is 2.21. The van der Waals surface area contributed by atoms with E-state index in [1.54, 1.807) is 18.7 Å². The summed E-state index contributed by atoms with van der Waals surface area (Å²) >= 11 is 1.80. The van der Waals surface area contributed by atoms with Crippen molar-refractivity contribution in [3.63, 3.8) is 0 Å². The minimum absolute atomic E-state index is 0.317. The fourth-order valence-electron chi connectivity index (χ4n) is 1.16. The second-order valence-electron chi connectivity index (χ2n) is 2.76. The second-order valence-corrected chi connectivity index (χ2v) is 3.91. The summed E-state index contributed by atoms with van der Waals surface area (Å²) in [6.07, 6.45) is 1.65. The lowest BCUT2D eigenvalue weighted by Gasteiger charge is -2.16. The Hall–Kier alpha value is -0.480. The van der Waals surface area contributed by atoms with Crippen molar-refractivity contribution < 1.29 is 14.6 Å². The van der Waals surface area contributed by atoms with E-state index < -0.39 is 12.1 Å². The zero-order valence-corrected chi connectivity index (χ0v) is 8.47. The molecular weight excluding hydrogens is 188 g/mol.